The molecule has 2 aliphatic rings. The molecule has 1 N–H and O–H groups in total. The fraction of sp³-hybridized carbons (Fsp3) is 1.00. The van der Waals surface area contributed by atoms with E-state index in [1.807, 2.05) is 6.92 Å². The molecule has 1 aliphatic carbocycles. The van der Waals surface area contributed by atoms with Crippen LogP contribution in [0.4, 0.5) is 13.2 Å². The van der Waals surface area contributed by atoms with Crippen molar-refractivity contribution in [1.82, 2.24) is 10.2 Å². The van der Waals surface area contributed by atoms with Gasteiger partial charge >= 0.3 is 6.18 Å². The number of nitrogens with one attached hydrogen (secondary N) is 1. The van der Waals surface area contributed by atoms with Crippen LogP contribution >= 0.6 is 0 Å². The Morgan fingerprint density at radius 1 is 1.25 bits per heavy atom. The second kappa shape index (κ2) is 4.18. The Morgan fingerprint density at radius 2 is 1.81 bits per heavy atom. The smallest absolute Gasteiger partial charge is 0.314 e. The minimum absolute atomic E-state index is 0.294. The predicted octanol–water partition coefficient (Wildman–Crippen LogP) is 2.16. The van der Waals surface area contributed by atoms with E-state index in [0.29, 0.717) is 32.0 Å². The summed E-state index contributed by atoms with van der Waals surface area (Å²) in [5.41, 5.74) is -1.45. The van der Waals surface area contributed by atoms with E-state index in [-0.39, 0.29) is 0 Å². The molecule has 16 heavy (non-hydrogen) atoms. The van der Waals surface area contributed by atoms with Crippen LogP contribution < -0.4 is 5.32 Å². The van der Waals surface area contributed by atoms with Crippen LogP contribution in [-0.4, -0.2) is 42.3 Å². The van der Waals surface area contributed by atoms with Gasteiger partial charge in [0.2, 0.25) is 0 Å². The molecule has 1 heterocycles. The van der Waals surface area contributed by atoms with Crippen molar-refractivity contribution in [3.8, 4) is 0 Å². The summed E-state index contributed by atoms with van der Waals surface area (Å²) >= 11 is 0. The van der Waals surface area contributed by atoms with Gasteiger partial charge in [-0.25, -0.2) is 0 Å². The molecule has 0 spiro atoms. The van der Waals surface area contributed by atoms with E-state index < -0.39 is 11.7 Å². The number of halogens is 3. The maximum absolute atomic E-state index is 12.9. The van der Waals surface area contributed by atoms with Gasteiger partial charge in [0, 0.05) is 19.1 Å². The molecular formula is C11H19F3N2. The van der Waals surface area contributed by atoms with Gasteiger partial charge in [0.15, 0.2) is 0 Å². The maximum atomic E-state index is 12.9. The Labute approximate surface area is 94.2 Å². The summed E-state index contributed by atoms with van der Waals surface area (Å²) in [4.78, 5) is 1.65. The van der Waals surface area contributed by atoms with Crippen LogP contribution in [0.15, 0.2) is 0 Å². The van der Waals surface area contributed by atoms with Gasteiger partial charge in [-0.1, -0.05) is 6.92 Å². The average molecular weight is 236 g/mol. The largest absolute Gasteiger partial charge is 0.406 e. The molecular weight excluding hydrogens is 217 g/mol. The summed E-state index contributed by atoms with van der Waals surface area (Å²) < 4.78 is 38.6. The molecule has 2 fully saturated rings. The minimum atomic E-state index is -4.04. The molecule has 0 unspecified atom stereocenters. The zero-order valence-corrected chi connectivity index (χ0v) is 9.61. The number of alkyl halides is 3. The molecule has 0 bridgehead atoms. The van der Waals surface area contributed by atoms with Crippen LogP contribution in [0.25, 0.3) is 0 Å². The van der Waals surface area contributed by atoms with Gasteiger partial charge in [0.1, 0.15) is 5.54 Å². The van der Waals surface area contributed by atoms with Crippen molar-refractivity contribution in [3.63, 3.8) is 0 Å². The van der Waals surface area contributed by atoms with Gasteiger partial charge < -0.3 is 5.32 Å². The van der Waals surface area contributed by atoms with Crippen LogP contribution in [-0.2, 0) is 0 Å². The summed E-state index contributed by atoms with van der Waals surface area (Å²) in [5.74, 6) is 0. The third-order valence-corrected chi connectivity index (χ3v) is 3.84. The van der Waals surface area contributed by atoms with Crippen LogP contribution in [0, 0.1) is 0 Å². The summed E-state index contributed by atoms with van der Waals surface area (Å²) in [5, 5.41) is 3.31. The Hall–Kier alpha value is -0.290. The third kappa shape index (κ3) is 2.07. The first-order valence-corrected chi connectivity index (χ1v) is 6.05. The van der Waals surface area contributed by atoms with E-state index in [1.165, 1.54) is 0 Å². The lowest BCUT2D eigenvalue weighted by molar-refractivity contribution is -0.199. The van der Waals surface area contributed by atoms with Crippen molar-refractivity contribution >= 4 is 0 Å². The molecule has 0 aromatic carbocycles. The van der Waals surface area contributed by atoms with Crippen molar-refractivity contribution in [3.05, 3.63) is 0 Å². The van der Waals surface area contributed by atoms with Gasteiger partial charge in [-0.15, -0.1) is 0 Å². The Balaban J connectivity index is 1.90. The first-order valence-electron chi connectivity index (χ1n) is 6.05. The van der Waals surface area contributed by atoms with Crippen molar-refractivity contribution in [1.29, 1.82) is 0 Å². The Bertz CT molecular complexity index is 240. The molecule has 94 valence electrons. The van der Waals surface area contributed by atoms with E-state index in [2.05, 4.69) is 5.32 Å². The Kier molecular flexibility index (Phi) is 3.18. The molecule has 0 aromatic heterocycles. The van der Waals surface area contributed by atoms with Gasteiger partial charge in [-0.05, 0) is 32.2 Å². The zero-order valence-electron chi connectivity index (χ0n) is 9.61. The van der Waals surface area contributed by atoms with Crippen molar-refractivity contribution in [2.45, 2.75) is 50.4 Å². The third-order valence-electron chi connectivity index (χ3n) is 3.84. The molecule has 0 atom stereocenters. The van der Waals surface area contributed by atoms with E-state index in [9.17, 15) is 13.2 Å². The van der Waals surface area contributed by atoms with Gasteiger partial charge in [0.05, 0.1) is 0 Å². The van der Waals surface area contributed by atoms with Crippen LogP contribution in [0.2, 0.25) is 0 Å². The van der Waals surface area contributed by atoms with E-state index in [0.717, 1.165) is 19.4 Å². The molecule has 1 aliphatic heterocycles. The highest BCUT2D eigenvalue weighted by Crippen LogP contribution is 2.54. The van der Waals surface area contributed by atoms with Crippen molar-refractivity contribution in [2.24, 2.45) is 0 Å². The Morgan fingerprint density at radius 3 is 2.19 bits per heavy atom. The van der Waals surface area contributed by atoms with Crippen molar-refractivity contribution in [2.75, 3.05) is 19.6 Å². The van der Waals surface area contributed by atoms with E-state index in [4.69, 9.17) is 0 Å². The van der Waals surface area contributed by atoms with Crippen LogP contribution in [0.1, 0.15) is 32.6 Å². The minimum Gasteiger partial charge on any atom is -0.314 e. The molecule has 2 rings (SSSR count). The summed E-state index contributed by atoms with van der Waals surface area (Å²) in [6, 6.07) is 0.408. The zero-order chi connectivity index (χ0) is 11.8. The highest BCUT2D eigenvalue weighted by atomic mass is 19.4. The SMILES string of the molecule is CCNC1CCN(C2(C(F)(F)F)CC2)CC1. The van der Waals surface area contributed by atoms with E-state index >= 15 is 0 Å². The molecule has 5 heteroatoms. The first-order chi connectivity index (χ1) is 7.49. The summed E-state index contributed by atoms with van der Waals surface area (Å²) in [6.07, 6.45) is -1.78. The van der Waals surface area contributed by atoms with Crippen molar-refractivity contribution < 1.29 is 13.2 Å². The first kappa shape index (κ1) is 12.2. The van der Waals surface area contributed by atoms with Gasteiger partial charge in [0.25, 0.3) is 0 Å². The van der Waals surface area contributed by atoms with Gasteiger partial charge in [-0.3, -0.25) is 4.90 Å². The number of hydrogen-bond donors (Lipinski definition) is 1. The van der Waals surface area contributed by atoms with Gasteiger partial charge in [-0.2, -0.15) is 13.2 Å². The highest BCUT2D eigenvalue weighted by Gasteiger charge is 2.66. The maximum Gasteiger partial charge on any atom is 0.406 e. The van der Waals surface area contributed by atoms with Crippen LogP contribution in [0.3, 0.4) is 0 Å². The summed E-state index contributed by atoms with van der Waals surface area (Å²) in [6.45, 7) is 4.09. The second-order valence-corrected chi connectivity index (χ2v) is 4.85. The standard InChI is InChI=1S/C11H19F3N2/c1-2-15-9-3-7-16(8-4-9)10(5-6-10)11(12,13)14/h9,15H,2-8H2,1H3. The number of likely N-dealkylation sites (tertiary alicyclic amines) is 1. The number of piperidine rings is 1. The second-order valence-electron chi connectivity index (χ2n) is 4.85. The number of nitrogens with zero attached hydrogens (tertiary/aromatic N) is 1. The molecule has 0 amide bonds. The number of rotatable bonds is 3. The fourth-order valence-electron chi connectivity index (χ4n) is 2.70. The average Bonchev–Trinajstić information content (AvgIpc) is 2.99. The topological polar surface area (TPSA) is 15.3 Å². The molecule has 0 radical (unpaired) electrons. The monoisotopic (exact) mass is 236 g/mol. The summed E-state index contributed by atoms with van der Waals surface area (Å²) in [7, 11) is 0. The molecule has 1 saturated heterocycles. The highest BCUT2D eigenvalue weighted by molar-refractivity contribution is 5.10. The molecule has 2 nitrogen and oxygen atoms in total. The normalized spacial score (nSPS) is 27.0. The van der Waals surface area contributed by atoms with Crippen LogP contribution in [0.5, 0.6) is 0 Å². The quantitative estimate of drug-likeness (QED) is 0.807. The number of hydrogen-bond acceptors (Lipinski definition) is 2. The lowest BCUT2D eigenvalue weighted by Gasteiger charge is -2.39. The molecule has 0 aromatic rings. The lowest BCUT2D eigenvalue weighted by atomic mass is 10.0. The fourth-order valence-corrected chi connectivity index (χ4v) is 2.70. The van der Waals surface area contributed by atoms with E-state index in [1.54, 1.807) is 4.90 Å². The predicted molar refractivity (Wildman–Crippen MR) is 56.3 cm³/mol. The molecule has 1 saturated carbocycles. The lowest BCUT2D eigenvalue weighted by Crippen LogP contribution is -2.53.